The Morgan fingerprint density at radius 1 is 1.06 bits per heavy atom. The molecular formula is C24H24N2O8S. The highest BCUT2D eigenvalue weighted by molar-refractivity contribution is 7.89. The van der Waals surface area contributed by atoms with E-state index in [0.717, 1.165) is 19.3 Å². The number of anilines is 1. The van der Waals surface area contributed by atoms with Crippen molar-refractivity contribution in [1.29, 1.82) is 0 Å². The molecule has 2 heterocycles. The number of para-hydroxylation sites is 1. The number of piperidine rings is 1. The molecule has 35 heavy (non-hydrogen) atoms. The normalized spacial score (nSPS) is 14.4. The van der Waals surface area contributed by atoms with E-state index in [4.69, 9.17) is 13.9 Å². The number of sulfonamides is 1. The van der Waals surface area contributed by atoms with Crippen molar-refractivity contribution in [3.63, 3.8) is 0 Å². The molecule has 0 unspecified atom stereocenters. The van der Waals surface area contributed by atoms with Gasteiger partial charge in [-0.15, -0.1) is 0 Å². The van der Waals surface area contributed by atoms with Crippen LogP contribution in [0.4, 0.5) is 5.69 Å². The highest BCUT2D eigenvalue weighted by Gasteiger charge is 2.26. The number of carbonyl (C=O) groups excluding carboxylic acids is 2. The van der Waals surface area contributed by atoms with Crippen LogP contribution in [0.1, 0.15) is 29.6 Å². The molecule has 0 aliphatic carbocycles. The van der Waals surface area contributed by atoms with Crippen LogP contribution in [0.3, 0.4) is 0 Å². The van der Waals surface area contributed by atoms with Crippen LogP contribution in [0, 0.1) is 0 Å². The molecule has 0 saturated carbocycles. The van der Waals surface area contributed by atoms with Gasteiger partial charge in [0.2, 0.25) is 10.0 Å². The third kappa shape index (κ3) is 5.36. The summed E-state index contributed by atoms with van der Waals surface area (Å²) in [5.41, 5.74) is -0.869. The van der Waals surface area contributed by atoms with Crippen LogP contribution < -0.4 is 15.7 Å². The van der Waals surface area contributed by atoms with E-state index < -0.39 is 34.1 Å². The standard InChI is InChI=1S/C24H24N2O8S/c1-32-20-10-5-7-16-13-19(24(29)34-22(16)20)23(28)33-15-21(27)25-17-8-6-9-18(14-17)35(30,31)26-11-3-2-4-12-26/h5-10,13-14H,2-4,11-12,15H2,1H3,(H,25,27). The molecule has 2 aromatic carbocycles. The van der Waals surface area contributed by atoms with Gasteiger partial charge in [0.1, 0.15) is 5.56 Å². The Labute approximate surface area is 201 Å². The molecule has 10 nitrogen and oxygen atoms in total. The fraction of sp³-hybridized carbons (Fsp3) is 0.292. The second-order valence-corrected chi connectivity index (χ2v) is 9.88. The average molecular weight is 501 g/mol. The van der Waals surface area contributed by atoms with Crippen LogP contribution in [0.25, 0.3) is 11.0 Å². The topological polar surface area (TPSA) is 132 Å². The van der Waals surface area contributed by atoms with E-state index in [1.165, 1.54) is 41.7 Å². The number of benzene rings is 2. The van der Waals surface area contributed by atoms with Crippen LogP contribution in [0.15, 0.2) is 62.6 Å². The summed E-state index contributed by atoms with van der Waals surface area (Å²) >= 11 is 0. The number of ether oxygens (including phenoxy) is 2. The van der Waals surface area contributed by atoms with Crippen LogP contribution in [-0.4, -0.2) is 51.4 Å². The van der Waals surface area contributed by atoms with Gasteiger partial charge >= 0.3 is 11.6 Å². The van der Waals surface area contributed by atoms with Crippen LogP contribution in [0.5, 0.6) is 5.75 Å². The predicted octanol–water partition coefficient (Wildman–Crippen LogP) is 2.77. The van der Waals surface area contributed by atoms with Gasteiger partial charge in [0.15, 0.2) is 17.9 Å². The summed E-state index contributed by atoms with van der Waals surface area (Å²) in [7, 11) is -2.24. The van der Waals surface area contributed by atoms with Gasteiger partial charge in [-0.3, -0.25) is 4.79 Å². The monoisotopic (exact) mass is 500 g/mol. The lowest BCUT2D eigenvalue weighted by Crippen LogP contribution is -2.35. The number of esters is 1. The minimum atomic E-state index is -3.67. The Bertz CT molecular complexity index is 1420. The van der Waals surface area contributed by atoms with Crippen molar-refractivity contribution in [1.82, 2.24) is 4.31 Å². The number of rotatable bonds is 7. The van der Waals surface area contributed by atoms with Crippen LogP contribution in [0.2, 0.25) is 0 Å². The van der Waals surface area contributed by atoms with Crippen molar-refractivity contribution in [2.75, 3.05) is 32.1 Å². The molecule has 11 heteroatoms. The number of nitrogens with one attached hydrogen (secondary N) is 1. The highest BCUT2D eigenvalue weighted by Crippen LogP contribution is 2.25. The molecule has 1 N–H and O–H groups in total. The van der Waals surface area contributed by atoms with Gasteiger partial charge < -0.3 is 19.2 Å². The first-order valence-corrected chi connectivity index (χ1v) is 12.4. The lowest BCUT2D eigenvalue weighted by atomic mass is 10.2. The summed E-state index contributed by atoms with van der Waals surface area (Å²) in [5, 5.41) is 2.96. The number of carbonyl (C=O) groups is 2. The minimum absolute atomic E-state index is 0.0680. The average Bonchev–Trinajstić information content (AvgIpc) is 2.87. The molecule has 0 bridgehead atoms. The second-order valence-electron chi connectivity index (χ2n) is 7.94. The van der Waals surface area contributed by atoms with Crippen molar-refractivity contribution in [3.8, 4) is 5.75 Å². The number of hydrogen-bond acceptors (Lipinski definition) is 8. The Balaban J connectivity index is 1.42. The van der Waals surface area contributed by atoms with E-state index in [9.17, 15) is 22.8 Å². The number of fused-ring (bicyclic) bond motifs is 1. The largest absolute Gasteiger partial charge is 0.493 e. The summed E-state index contributed by atoms with van der Waals surface area (Å²) in [6.07, 6.45) is 2.62. The van der Waals surface area contributed by atoms with Gasteiger partial charge in [-0.05, 0) is 43.2 Å². The number of nitrogens with zero attached hydrogens (tertiary/aromatic N) is 1. The maximum Gasteiger partial charge on any atom is 0.351 e. The smallest absolute Gasteiger partial charge is 0.351 e. The van der Waals surface area contributed by atoms with Crippen molar-refractivity contribution in [2.45, 2.75) is 24.2 Å². The molecule has 184 valence electrons. The fourth-order valence-corrected chi connectivity index (χ4v) is 5.38. The summed E-state index contributed by atoms with van der Waals surface area (Å²) in [4.78, 5) is 37.1. The summed E-state index contributed by atoms with van der Waals surface area (Å²) < 4.78 is 42.5. The SMILES string of the molecule is COc1cccc2cc(C(=O)OCC(=O)Nc3cccc(S(=O)(=O)N4CCCCC4)c3)c(=O)oc12. The van der Waals surface area contributed by atoms with Crippen molar-refractivity contribution in [3.05, 3.63) is 64.5 Å². The highest BCUT2D eigenvalue weighted by atomic mass is 32.2. The lowest BCUT2D eigenvalue weighted by molar-refractivity contribution is -0.119. The lowest BCUT2D eigenvalue weighted by Gasteiger charge is -2.26. The molecule has 0 atom stereocenters. The molecule has 3 aromatic rings. The van der Waals surface area contributed by atoms with E-state index in [2.05, 4.69) is 5.32 Å². The van der Waals surface area contributed by atoms with Gasteiger partial charge in [0.05, 0.1) is 12.0 Å². The molecule has 0 radical (unpaired) electrons. The number of methoxy groups -OCH3 is 1. The van der Waals surface area contributed by atoms with Gasteiger partial charge in [0.25, 0.3) is 5.91 Å². The van der Waals surface area contributed by atoms with E-state index >= 15 is 0 Å². The minimum Gasteiger partial charge on any atom is -0.493 e. The van der Waals surface area contributed by atoms with E-state index in [-0.39, 0.29) is 21.7 Å². The van der Waals surface area contributed by atoms with Gasteiger partial charge in [0, 0.05) is 24.2 Å². The van der Waals surface area contributed by atoms with Gasteiger partial charge in [-0.1, -0.05) is 24.6 Å². The maximum atomic E-state index is 12.9. The Morgan fingerprint density at radius 2 is 1.80 bits per heavy atom. The molecule has 0 spiro atoms. The van der Waals surface area contributed by atoms with Crippen LogP contribution >= 0.6 is 0 Å². The molecule has 1 aliphatic rings. The first-order chi connectivity index (χ1) is 16.8. The Hall–Kier alpha value is -3.70. The second kappa shape index (κ2) is 10.3. The van der Waals surface area contributed by atoms with Crippen molar-refractivity contribution in [2.24, 2.45) is 0 Å². The Morgan fingerprint density at radius 3 is 2.54 bits per heavy atom. The van der Waals surface area contributed by atoms with E-state index in [0.29, 0.717) is 24.2 Å². The van der Waals surface area contributed by atoms with Crippen LogP contribution in [-0.2, 0) is 19.6 Å². The molecule has 1 amide bonds. The first kappa shape index (κ1) is 24.4. The van der Waals surface area contributed by atoms with Gasteiger partial charge in [-0.25, -0.2) is 18.0 Å². The van der Waals surface area contributed by atoms with Gasteiger partial charge in [-0.2, -0.15) is 4.31 Å². The third-order valence-corrected chi connectivity index (χ3v) is 7.46. The molecule has 1 aromatic heterocycles. The quantitative estimate of drug-likeness (QED) is 0.387. The number of amides is 1. The molecule has 1 aliphatic heterocycles. The number of hydrogen-bond donors (Lipinski definition) is 1. The maximum absolute atomic E-state index is 12.9. The zero-order valence-corrected chi connectivity index (χ0v) is 19.8. The van der Waals surface area contributed by atoms with Crippen molar-refractivity contribution >= 4 is 38.6 Å². The predicted molar refractivity (Wildman–Crippen MR) is 127 cm³/mol. The molecule has 4 rings (SSSR count). The third-order valence-electron chi connectivity index (χ3n) is 5.57. The zero-order chi connectivity index (χ0) is 25.0. The van der Waals surface area contributed by atoms with Crippen molar-refractivity contribution < 1.29 is 31.9 Å². The molecule has 1 fully saturated rings. The molecular weight excluding hydrogens is 476 g/mol. The summed E-state index contributed by atoms with van der Waals surface area (Å²) in [5.74, 6) is -1.39. The zero-order valence-electron chi connectivity index (χ0n) is 19.0. The summed E-state index contributed by atoms with van der Waals surface area (Å²) in [6.45, 7) is 0.242. The fourth-order valence-electron chi connectivity index (χ4n) is 3.82. The first-order valence-electron chi connectivity index (χ1n) is 11.0. The van der Waals surface area contributed by atoms with E-state index in [1.807, 2.05) is 0 Å². The molecule has 1 saturated heterocycles. The van der Waals surface area contributed by atoms with E-state index in [1.54, 1.807) is 18.2 Å². The summed E-state index contributed by atoms with van der Waals surface area (Å²) in [6, 6.07) is 12.1. The Kier molecular flexibility index (Phi) is 7.17.